The Morgan fingerprint density at radius 2 is 2.10 bits per heavy atom. The van der Waals surface area contributed by atoms with Crippen LogP contribution in [0.5, 0.6) is 0 Å². The Labute approximate surface area is 125 Å². The molecule has 21 heavy (non-hydrogen) atoms. The number of thioether (sulfide) groups is 1. The Morgan fingerprint density at radius 3 is 2.90 bits per heavy atom. The molecule has 0 bridgehead atoms. The van der Waals surface area contributed by atoms with E-state index in [4.69, 9.17) is 10.2 Å². The molecule has 3 rings (SSSR count). The molecule has 3 aromatic rings. The molecule has 0 fully saturated rings. The van der Waals surface area contributed by atoms with Crippen LogP contribution in [0.1, 0.15) is 0 Å². The molecule has 3 N–H and O–H groups in total. The third-order valence-electron chi connectivity index (χ3n) is 2.77. The summed E-state index contributed by atoms with van der Waals surface area (Å²) in [5.41, 5.74) is 8.46. The maximum atomic E-state index is 11.9. The number of nitrogens with zero attached hydrogens (tertiary/aromatic N) is 1. The smallest absolute Gasteiger partial charge is 0.257 e. The lowest BCUT2D eigenvalue weighted by Crippen LogP contribution is -2.14. The first-order valence-electron chi connectivity index (χ1n) is 6.34. The number of para-hydroxylation sites is 2. The molecule has 6 heteroatoms. The summed E-state index contributed by atoms with van der Waals surface area (Å²) >= 11 is 1.26. The summed E-state index contributed by atoms with van der Waals surface area (Å²) in [4.78, 5) is 16.2. The lowest BCUT2D eigenvalue weighted by atomic mass is 10.3. The van der Waals surface area contributed by atoms with Gasteiger partial charge < -0.3 is 15.5 Å². The predicted molar refractivity (Wildman–Crippen MR) is 84.2 cm³/mol. The number of nitrogens with two attached hydrogens (primary N) is 1. The number of nitrogens with one attached hydrogen (secondary N) is 1. The summed E-state index contributed by atoms with van der Waals surface area (Å²) < 4.78 is 5.54. The molecule has 0 aliphatic carbocycles. The molecule has 1 aromatic heterocycles. The Bertz CT molecular complexity index is 752. The maximum absolute atomic E-state index is 11.9. The highest BCUT2D eigenvalue weighted by molar-refractivity contribution is 7.99. The van der Waals surface area contributed by atoms with Gasteiger partial charge in [-0.15, -0.1) is 0 Å². The van der Waals surface area contributed by atoms with E-state index in [1.165, 1.54) is 11.8 Å². The number of benzene rings is 2. The summed E-state index contributed by atoms with van der Waals surface area (Å²) in [6, 6.07) is 14.6. The topological polar surface area (TPSA) is 81.1 Å². The molecule has 0 aliphatic heterocycles. The van der Waals surface area contributed by atoms with E-state index < -0.39 is 0 Å². The van der Waals surface area contributed by atoms with Gasteiger partial charge in [-0.1, -0.05) is 30.0 Å². The van der Waals surface area contributed by atoms with E-state index in [0.29, 0.717) is 16.6 Å². The largest absolute Gasteiger partial charge is 0.431 e. The second kappa shape index (κ2) is 5.88. The molecule has 0 radical (unpaired) electrons. The van der Waals surface area contributed by atoms with Gasteiger partial charge in [0.2, 0.25) is 5.91 Å². The van der Waals surface area contributed by atoms with Crippen molar-refractivity contribution in [2.75, 3.05) is 16.8 Å². The quantitative estimate of drug-likeness (QED) is 0.571. The van der Waals surface area contributed by atoms with Crippen molar-refractivity contribution in [1.29, 1.82) is 0 Å². The summed E-state index contributed by atoms with van der Waals surface area (Å²) in [5.74, 6) is 0.0922. The zero-order valence-electron chi connectivity index (χ0n) is 11.1. The van der Waals surface area contributed by atoms with Crippen molar-refractivity contribution < 1.29 is 9.21 Å². The van der Waals surface area contributed by atoms with Crippen LogP contribution in [0.15, 0.2) is 58.2 Å². The summed E-state index contributed by atoms with van der Waals surface area (Å²) in [5, 5.41) is 3.26. The van der Waals surface area contributed by atoms with Gasteiger partial charge in [-0.3, -0.25) is 4.79 Å². The molecule has 0 aliphatic rings. The first kappa shape index (κ1) is 13.5. The number of rotatable bonds is 4. The summed E-state index contributed by atoms with van der Waals surface area (Å²) in [6.07, 6.45) is 0. The lowest BCUT2D eigenvalue weighted by Gasteiger charge is -2.04. The number of nitrogen functional groups attached to an aromatic ring is 1. The molecule has 0 spiro atoms. The molecule has 106 valence electrons. The van der Waals surface area contributed by atoms with E-state index in [1.807, 2.05) is 24.3 Å². The van der Waals surface area contributed by atoms with Crippen molar-refractivity contribution in [2.45, 2.75) is 5.22 Å². The van der Waals surface area contributed by atoms with Crippen LogP contribution >= 0.6 is 11.8 Å². The molecular formula is C15H13N3O2S. The van der Waals surface area contributed by atoms with Gasteiger partial charge in [-0.05, 0) is 30.3 Å². The standard InChI is InChI=1S/C15H13N3O2S/c16-10-4-3-5-11(8-10)17-14(19)9-21-15-18-12-6-1-2-7-13(12)20-15/h1-8H,9,16H2,(H,17,19). The number of aromatic nitrogens is 1. The summed E-state index contributed by atoms with van der Waals surface area (Å²) in [6.45, 7) is 0. The van der Waals surface area contributed by atoms with Gasteiger partial charge in [0.1, 0.15) is 5.52 Å². The molecule has 0 saturated heterocycles. The molecule has 2 aromatic carbocycles. The minimum Gasteiger partial charge on any atom is -0.431 e. The van der Waals surface area contributed by atoms with Crippen molar-refractivity contribution in [1.82, 2.24) is 4.98 Å². The van der Waals surface area contributed by atoms with Crippen LogP contribution in [0.4, 0.5) is 11.4 Å². The van der Waals surface area contributed by atoms with Crippen LogP contribution in [-0.2, 0) is 4.79 Å². The second-order valence-electron chi connectivity index (χ2n) is 4.41. The molecule has 1 heterocycles. The molecule has 0 unspecified atom stereocenters. The van der Waals surface area contributed by atoms with Gasteiger partial charge in [0, 0.05) is 11.4 Å². The van der Waals surface area contributed by atoms with Gasteiger partial charge in [-0.25, -0.2) is 4.98 Å². The van der Waals surface area contributed by atoms with Gasteiger partial charge >= 0.3 is 0 Å². The number of oxazole rings is 1. The van der Waals surface area contributed by atoms with Crippen molar-refractivity contribution >= 4 is 40.1 Å². The van der Waals surface area contributed by atoms with Crippen molar-refractivity contribution in [3.8, 4) is 0 Å². The third-order valence-corrected chi connectivity index (χ3v) is 3.60. The predicted octanol–water partition coefficient (Wildman–Crippen LogP) is 3.14. The molecular weight excluding hydrogens is 286 g/mol. The SMILES string of the molecule is Nc1cccc(NC(=O)CSc2nc3ccccc3o2)c1. The highest BCUT2D eigenvalue weighted by atomic mass is 32.2. The summed E-state index contributed by atoms with van der Waals surface area (Å²) in [7, 11) is 0. The van der Waals surface area contributed by atoms with Crippen LogP contribution in [-0.4, -0.2) is 16.6 Å². The minimum atomic E-state index is -0.132. The highest BCUT2D eigenvalue weighted by Crippen LogP contribution is 2.23. The zero-order chi connectivity index (χ0) is 14.7. The Hall–Kier alpha value is -2.47. The first-order chi connectivity index (χ1) is 10.2. The normalized spacial score (nSPS) is 10.7. The van der Waals surface area contributed by atoms with Gasteiger partial charge in [0.25, 0.3) is 5.22 Å². The highest BCUT2D eigenvalue weighted by Gasteiger charge is 2.09. The van der Waals surface area contributed by atoms with E-state index in [0.717, 1.165) is 11.1 Å². The first-order valence-corrected chi connectivity index (χ1v) is 7.33. The number of carbonyl (C=O) groups excluding carboxylic acids is 1. The number of carbonyl (C=O) groups is 1. The maximum Gasteiger partial charge on any atom is 0.257 e. The average molecular weight is 299 g/mol. The van der Waals surface area contributed by atoms with E-state index in [2.05, 4.69) is 10.3 Å². The minimum absolute atomic E-state index is 0.132. The number of amides is 1. The number of hydrogen-bond donors (Lipinski definition) is 2. The zero-order valence-corrected chi connectivity index (χ0v) is 11.9. The third kappa shape index (κ3) is 3.35. The van der Waals surface area contributed by atoms with E-state index in [9.17, 15) is 4.79 Å². The van der Waals surface area contributed by atoms with Gasteiger partial charge in [-0.2, -0.15) is 0 Å². The lowest BCUT2D eigenvalue weighted by molar-refractivity contribution is -0.113. The number of anilines is 2. The Morgan fingerprint density at radius 1 is 1.24 bits per heavy atom. The van der Waals surface area contributed by atoms with E-state index >= 15 is 0 Å². The number of hydrogen-bond acceptors (Lipinski definition) is 5. The molecule has 5 nitrogen and oxygen atoms in total. The Balaban J connectivity index is 1.60. The molecule has 0 atom stereocenters. The fourth-order valence-corrected chi connectivity index (χ4v) is 2.49. The van der Waals surface area contributed by atoms with Crippen LogP contribution in [0, 0.1) is 0 Å². The van der Waals surface area contributed by atoms with Gasteiger partial charge in [0.15, 0.2) is 5.58 Å². The van der Waals surface area contributed by atoms with Crippen molar-refractivity contribution in [2.24, 2.45) is 0 Å². The van der Waals surface area contributed by atoms with Crippen LogP contribution in [0.2, 0.25) is 0 Å². The van der Waals surface area contributed by atoms with Crippen LogP contribution < -0.4 is 11.1 Å². The molecule has 0 saturated carbocycles. The average Bonchev–Trinajstić information content (AvgIpc) is 2.88. The van der Waals surface area contributed by atoms with Crippen LogP contribution in [0.3, 0.4) is 0 Å². The number of fused-ring (bicyclic) bond motifs is 1. The van der Waals surface area contributed by atoms with Crippen molar-refractivity contribution in [3.05, 3.63) is 48.5 Å². The Kier molecular flexibility index (Phi) is 3.79. The van der Waals surface area contributed by atoms with E-state index in [-0.39, 0.29) is 11.7 Å². The fourth-order valence-electron chi connectivity index (χ4n) is 1.85. The molecule has 1 amide bonds. The van der Waals surface area contributed by atoms with Crippen LogP contribution in [0.25, 0.3) is 11.1 Å². The second-order valence-corrected chi connectivity index (χ2v) is 5.34. The fraction of sp³-hybridized carbons (Fsp3) is 0.0667. The monoisotopic (exact) mass is 299 g/mol. The van der Waals surface area contributed by atoms with E-state index in [1.54, 1.807) is 24.3 Å². The van der Waals surface area contributed by atoms with Gasteiger partial charge in [0.05, 0.1) is 5.75 Å². The van der Waals surface area contributed by atoms with Crippen molar-refractivity contribution in [3.63, 3.8) is 0 Å².